The van der Waals surface area contributed by atoms with Crippen molar-refractivity contribution in [2.24, 2.45) is 0 Å². The lowest BCUT2D eigenvalue weighted by atomic mass is 10.1. The van der Waals surface area contributed by atoms with Gasteiger partial charge in [0.15, 0.2) is 0 Å². The Bertz CT molecular complexity index is 473. The quantitative estimate of drug-likeness (QED) is 0.840. The van der Waals surface area contributed by atoms with E-state index < -0.39 is 17.6 Å². The zero-order valence-corrected chi connectivity index (χ0v) is 11.5. The van der Waals surface area contributed by atoms with Gasteiger partial charge in [-0.1, -0.05) is 6.92 Å². The predicted octanol–water partition coefficient (Wildman–Crippen LogP) is 3.42. The molecule has 1 heterocycles. The monoisotopic (exact) mass is 290 g/mol. The van der Waals surface area contributed by atoms with Crippen molar-refractivity contribution in [2.75, 3.05) is 18.0 Å². The Morgan fingerprint density at radius 3 is 2.65 bits per heavy atom. The molecule has 0 bridgehead atoms. The van der Waals surface area contributed by atoms with Crippen LogP contribution in [0, 0.1) is 5.82 Å². The van der Waals surface area contributed by atoms with E-state index in [0.717, 1.165) is 18.6 Å². The predicted molar refractivity (Wildman–Crippen MR) is 70.3 cm³/mol. The van der Waals surface area contributed by atoms with E-state index in [9.17, 15) is 17.6 Å². The molecule has 1 saturated heterocycles. The van der Waals surface area contributed by atoms with Crippen LogP contribution in [0.25, 0.3) is 0 Å². The van der Waals surface area contributed by atoms with Crippen LogP contribution in [0.3, 0.4) is 0 Å². The first-order valence-corrected chi connectivity index (χ1v) is 6.69. The van der Waals surface area contributed by atoms with Gasteiger partial charge in [-0.3, -0.25) is 0 Å². The highest BCUT2D eigenvalue weighted by Crippen LogP contribution is 2.34. The minimum Gasteiger partial charge on any atom is -0.366 e. The largest absolute Gasteiger partial charge is 0.419 e. The maximum Gasteiger partial charge on any atom is 0.419 e. The number of alkyl halides is 3. The number of nitrogens with one attached hydrogen (secondary N) is 1. The molecule has 20 heavy (non-hydrogen) atoms. The highest BCUT2D eigenvalue weighted by atomic mass is 19.4. The zero-order chi connectivity index (χ0) is 14.9. The maximum absolute atomic E-state index is 13.3. The van der Waals surface area contributed by atoms with Crippen LogP contribution in [-0.2, 0) is 6.18 Å². The van der Waals surface area contributed by atoms with Crippen LogP contribution in [-0.4, -0.2) is 25.2 Å². The van der Waals surface area contributed by atoms with E-state index >= 15 is 0 Å². The van der Waals surface area contributed by atoms with Crippen LogP contribution in [0.15, 0.2) is 18.2 Å². The fourth-order valence-electron chi connectivity index (χ4n) is 2.47. The summed E-state index contributed by atoms with van der Waals surface area (Å²) in [6, 6.07) is 3.53. The SMILES string of the molecule is CCC1CN(c2ccc(F)c(C(F)(F)F)c2)C(C)CN1. The van der Waals surface area contributed by atoms with Gasteiger partial charge in [0.05, 0.1) is 5.56 Å². The number of hydrogen-bond acceptors (Lipinski definition) is 2. The van der Waals surface area contributed by atoms with Crippen molar-refractivity contribution >= 4 is 5.69 Å². The number of piperazine rings is 1. The number of benzene rings is 1. The number of anilines is 1. The first kappa shape index (κ1) is 15.1. The van der Waals surface area contributed by atoms with Gasteiger partial charge in [-0.2, -0.15) is 13.2 Å². The molecular formula is C14H18F4N2. The molecule has 112 valence electrons. The number of rotatable bonds is 2. The number of hydrogen-bond donors (Lipinski definition) is 1. The summed E-state index contributed by atoms with van der Waals surface area (Å²) >= 11 is 0. The highest BCUT2D eigenvalue weighted by molar-refractivity contribution is 5.51. The van der Waals surface area contributed by atoms with Gasteiger partial charge in [0.2, 0.25) is 0 Å². The summed E-state index contributed by atoms with van der Waals surface area (Å²) < 4.78 is 51.6. The Balaban J connectivity index is 2.32. The number of nitrogens with zero attached hydrogens (tertiary/aromatic N) is 1. The Labute approximate surface area is 115 Å². The van der Waals surface area contributed by atoms with E-state index in [0.29, 0.717) is 18.8 Å². The van der Waals surface area contributed by atoms with Crippen molar-refractivity contribution in [3.63, 3.8) is 0 Å². The summed E-state index contributed by atoms with van der Waals surface area (Å²) in [5.74, 6) is -1.23. The van der Waals surface area contributed by atoms with Crippen molar-refractivity contribution in [2.45, 2.75) is 38.5 Å². The molecule has 1 N–H and O–H groups in total. The van der Waals surface area contributed by atoms with E-state index in [1.165, 1.54) is 6.07 Å². The third-order valence-electron chi connectivity index (χ3n) is 3.73. The average molecular weight is 290 g/mol. The minimum absolute atomic E-state index is 0.0735. The Kier molecular flexibility index (Phi) is 4.22. The summed E-state index contributed by atoms with van der Waals surface area (Å²) in [5.41, 5.74) is -0.778. The molecule has 0 aliphatic carbocycles. The third kappa shape index (κ3) is 3.06. The van der Waals surface area contributed by atoms with Crippen molar-refractivity contribution in [3.05, 3.63) is 29.6 Å². The van der Waals surface area contributed by atoms with Gasteiger partial charge in [-0.15, -0.1) is 0 Å². The molecule has 0 saturated carbocycles. The maximum atomic E-state index is 13.3. The summed E-state index contributed by atoms with van der Waals surface area (Å²) in [7, 11) is 0. The fourth-order valence-corrected chi connectivity index (χ4v) is 2.47. The summed E-state index contributed by atoms with van der Waals surface area (Å²) in [4.78, 5) is 1.90. The molecule has 0 amide bonds. The lowest BCUT2D eigenvalue weighted by Gasteiger charge is -2.40. The fraction of sp³-hybridized carbons (Fsp3) is 0.571. The molecule has 2 atom stereocenters. The zero-order valence-electron chi connectivity index (χ0n) is 11.5. The normalized spacial score (nSPS) is 24.0. The molecule has 1 aromatic rings. The summed E-state index contributed by atoms with van der Waals surface area (Å²) in [5, 5.41) is 3.34. The van der Waals surface area contributed by atoms with E-state index in [-0.39, 0.29) is 12.1 Å². The van der Waals surface area contributed by atoms with Crippen molar-refractivity contribution in [3.8, 4) is 0 Å². The summed E-state index contributed by atoms with van der Waals surface area (Å²) in [6.45, 7) is 5.30. The molecule has 2 unspecified atom stereocenters. The van der Waals surface area contributed by atoms with Crippen molar-refractivity contribution in [1.29, 1.82) is 0 Å². The van der Waals surface area contributed by atoms with Gasteiger partial charge in [0.25, 0.3) is 0 Å². The van der Waals surface area contributed by atoms with E-state index in [4.69, 9.17) is 0 Å². The van der Waals surface area contributed by atoms with Crippen LogP contribution in [0.1, 0.15) is 25.8 Å². The molecule has 2 nitrogen and oxygen atoms in total. The van der Waals surface area contributed by atoms with Crippen molar-refractivity contribution in [1.82, 2.24) is 5.32 Å². The van der Waals surface area contributed by atoms with Crippen LogP contribution in [0.2, 0.25) is 0 Å². The second-order valence-electron chi connectivity index (χ2n) is 5.18. The molecular weight excluding hydrogens is 272 g/mol. The van der Waals surface area contributed by atoms with Gasteiger partial charge in [0, 0.05) is 30.9 Å². The lowest BCUT2D eigenvalue weighted by Crippen LogP contribution is -2.55. The Morgan fingerprint density at radius 1 is 1.35 bits per heavy atom. The standard InChI is InChI=1S/C14H18F4N2/c1-3-10-8-20(9(2)7-19-10)11-4-5-13(15)12(6-11)14(16,17)18/h4-6,9-10,19H,3,7-8H2,1-2H3. The molecule has 0 radical (unpaired) electrons. The second-order valence-corrected chi connectivity index (χ2v) is 5.18. The summed E-state index contributed by atoms with van der Waals surface area (Å²) in [6.07, 6.45) is -3.77. The molecule has 1 aliphatic heterocycles. The third-order valence-corrected chi connectivity index (χ3v) is 3.73. The molecule has 1 fully saturated rings. The van der Waals surface area contributed by atoms with E-state index in [1.807, 2.05) is 18.7 Å². The van der Waals surface area contributed by atoms with Crippen molar-refractivity contribution < 1.29 is 17.6 Å². The van der Waals surface area contributed by atoms with Gasteiger partial charge in [0.1, 0.15) is 5.82 Å². The number of halogens is 4. The van der Waals surface area contributed by atoms with Gasteiger partial charge in [-0.05, 0) is 31.5 Å². The molecule has 6 heteroatoms. The first-order valence-electron chi connectivity index (χ1n) is 6.69. The Hall–Kier alpha value is -1.30. The van der Waals surface area contributed by atoms with Crippen LogP contribution >= 0.6 is 0 Å². The molecule has 0 aromatic heterocycles. The lowest BCUT2D eigenvalue weighted by molar-refractivity contribution is -0.139. The van der Waals surface area contributed by atoms with E-state index in [1.54, 1.807) is 0 Å². The molecule has 2 rings (SSSR count). The Morgan fingerprint density at radius 2 is 2.05 bits per heavy atom. The average Bonchev–Trinajstić information content (AvgIpc) is 2.39. The first-order chi connectivity index (χ1) is 9.32. The second kappa shape index (κ2) is 5.60. The van der Waals surface area contributed by atoms with E-state index in [2.05, 4.69) is 5.32 Å². The smallest absolute Gasteiger partial charge is 0.366 e. The molecule has 1 aromatic carbocycles. The van der Waals surface area contributed by atoms with Gasteiger partial charge in [-0.25, -0.2) is 4.39 Å². The molecule has 1 aliphatic rings. The van der Waals surface area contributed by atoms with Crippen LogP contribution in [0.5, 0.6) is 0 Å². The minimum atomic E-state index is -4.67. The van der Waals surface area contributed by atoms with Crippen LogP contribution < -0.4 is 10.2 Å². The topological polar surface area (TPSA) is 15.3 Å². The highest BCUT2D eigenvalue weighted by Gasteiger charge is 2.35. The van der Waals surface area contributed by atoms with Gasteiger partial charge >= 0.3 is 6.18 Å². The molecule has 0 spiro atoms. The van der Waals surface area contributed by atoms with Crippen LogP contribution in [0.4, 0.5) is 23.2 Å². The van der Waals surface area contributed by atoms with Gasteiger partial charge < -0.3 is 10.2 Å².